The van der Waals surface area contributed by atoms with Gasteiger partial charge in [-0.3, -0.25) is 9.69 Å². The van der Waals surface area contributed by atoms with E-state index in [0.29, 0.717) is 6.04 Å². The Morgan fingerprint density at radius 3 is 2.73 bits per heavy atom. The first kappa shape index (κ1) is 21.4. The third-order valence-corrected chi connectivity index (χ3v) is 5.20. The molecule has 0 saturated carbocycles. The number of rotatable bonds is 5. The molecule has 0 aromatic carbocycles. The van der Waals surface area contributed by atoms with E-state index in [1.165, 1.54) is 0 Å². The minimum absolute atomic E-state index is 0. The van der Waals surface area contributed by atoms with E-state index < -0.39 is 0 Å². The number of carbonyl (C=O) groups excluding carboxylic acids is 1. The van der Waals surface area contributed by atoms with Crippen molar-refractivity contribution in [2.45, 2.75) is 31.4 Å². The second kappa shape index (κ2) is 10.5. The minimum atomic E-state index is 0. The normalized spacial score (nSPS) is 26.2. The number of ether oxygens (including phenoxy) is 1. The molecule has 7 nitrogen and oxygen atoms in total. The van der Waals surface area contributed by atoms with E-state index >= 15 is 0 Å². The Morgan fingerprint density at radius 1 is 1.31 bits per heavy atom. The monoisotopic (exact) mass is 477 g/mol. The molecule has 2 unspecified atom stereocenters. The summed E-state index contributed by atoms with van der Waals surface area (Å²) < 4.78 is 5.70. The zero-order valence-electron chi connectivity index (χ0n) is 15.9. The van der Waals surface area contributed by atoms with Crippen LogP contribution in [0.2, 0.25) is 0 Å². The van der Waals surface area contributed by atoms with Gasteiger partial charge in [0.15, 0.2) is 5.96 Å². The average Bonchev–Trinajstić information content (AvgIpc) is 3.35. The molecule has 26 heavy (non-hydrogen) atoms. The van der Waals surface area contributed by atoms with Crippen LogP contribution in [0.1, 0.15) is 19.3 Å². The quantitative estimate of drug-likeness (QED) is 0.274. The Bertz CT molecular complexity index is 512. The lowest BCUT2D eigenvalue weighted by atomic mass is 10.2. The molecular weight excluding hydrogens is 445 g/mol. The molecule has 3 heterocycles. The molecule has 0 aromatic rings. The molecule has 0 bridgehead atoms. The fourth-order valence-electron chi connectivity index (χ4n) is 3.59. The molecule has 3 aliphatic rings. The Hall–Kier alpha value is -0.870. The highest BCUT2D eigenvalue weighted by Crippen LogP contribution is 2.18. The van der Waals surface area contributed by atoms with Gasteiger partial charge in [-0.1, -0.05) is 12.2 Å². The number of likely N-dealkylation sites (N-methyl/N-ethyl adjacent to an activating group) is 1. The first-order valence-corrected chi connectivity index (χ1v) is 9.37. The van der Waals surface area contributed by atoms with E-state index in [1.54, 1.807) is 19.0 Å². The summed E-state index contributed by atoms with van der Waals surface area (Å²) in [6, 6.07) is 0.564. The number of aliphatic imine (C=N–C) groups is 1. The highest BCUT2D eigenvalue weighted by molar-refractivity contribution is 14.0. The molecule has 0 aromatic heterocycles. The largest absolute Gasteiger partial charge is 0.376 e. The van der Waals surface area contributed by atoms with Gasteiger partial charge in [-0.15, -0.1) is 24.0 Å². The summed E-state index contributed by atoms with van der Waals surface area (Å²) >= 11 is 0. The van der Waals surface area contributed by atoms with Crippen LogP contribution < -0.4 is 5.32 Å². The van der Waals surface area contributed by atoms with Crippen molar-refractivity contribution in [1.82, 2.24) is 20.0 Å². The van der Waals surface area contributed by atoms with Gasteiger partial charge >= 0.3 is 0 Å². The van der Waals surface area contributed by atoms with Crippen LogP contribution in [0.15, 0.2) is 17.1 Å². The van der Waals surface area contributed by atoms with E-state index in [-0.39, 0.29) is 42.5 Å². The predicted octanol–water partition coefficient (Wildman–Crippen LogP) is 0.763. The molecule has 3 aliphatic heterocycles. The fourth-order valence-corrected chi connectivity index (χ4v) is 3.59. The first-order chi connectivity index (χ1) is 12.1. The highest BCUT2D eigenvalue weighted by atomic mass is 127. The van der Waals surface area contributed by atoms with Crippen molar-refractivity contribution >= 4 is 35.8 Å². The summed E-state index contributed by atoms with van der Waals surface area (Å²) in [6.07, 6.45) is 8.11. The van der Waals surface area contributed by atoms with E-state index in [0.717, 1.165) is 64.6 Å². The fraction of sp³-hybridized carbons (Fsp3) is 0.778. The first-order valence-electron chi connectivity index (χ1n) is 9.37. The number of likely N-dealkylation sites (tertiary alicyclic amines) is 1. The summed E-state index contributed by atoms with van der Waals surface area (Å²) in [7, 11) is 3.53. The van der Waals surface area contributed by atoms with E-state index in [2.05, 4.69) is 32.3 Å². The van der Waals surface area contributed by atoms with E-state index in [9.17, 15) is 4.79 Å². The summed E-state index contributed by atoms with van der Waals surface area (Å²) in [5, 5.41) is 3.46. The Labute approximate surface area is 173 Å². The van der Waals surface area contributed by atoms with Crippen LogP contribution in [0, 0.1) is 0 Å². The number of halogens is 1. The van der Waals surface area contributed by atoms with Crippen LogP contribution in [-0.4, -0.2) is 98.7 Å². The Balaban J connectivity index is 0.00000243. The highest BCUT2D eigenvalue weighted by Gasteiger charge is 2.30. The molecule has 3 rings (SSSR count). The number of carbonyl (C=O) groups is 1. The minimum Gasteiger partial charge on any atom is -0.376 e. The van der Waals surface area contributed by atoms with Gasteiger partial charge in [0.2, 0.25) is 5.91 Å². The third-order valence-electron chi connectivity index (χ3n) is 5.20. The predicted molar refractivity (Wildman–Crippen MR) is 114 cm³/mol. The van der Waals surface area contributed by atoms with Crippen molar-refractivity contribution in [3.63, 3.8) is 0 Å². The molecule has 2 saturated heterocycles. The number of nitrogens with zero attached hydrogens (tertiary/aromatic N) is 4. The molecule has 0 radical (unpaired) electrons. The number of guanidine groups is 1. The lowest BCUT2D eigenvalue weighted by molar-refractivity contribution is -0.127. The van der Waals surface area contributed by atoms with Crippen molar-refractivity contribution in [3.8, 4) is 0 Å². The van der Waals surface area contributed by atoms with Crippen molar-refractivity contribution < 1.29 is 9.53 Å². The molecule has 1 amide bonds. The summed E-state index contributed by atoms with van der Waals surface area (Å²) in [5.41, 5.74) is 0. The third kappa shape index (κ3) is 5.82. The van der Waals surface area contributed by atoms with Gasteiger partial charge in [-0.25, -0.2) is 4.99 Å². The smallest absolute Gasteiger partial charge is 0.243 e. The topological polar surface area (TPSA) is 60.4 Å². The van der Waals surface area contributed by atoms with Crippen molar-refractivity contribution in [2.75, 3.05) is 60.0 Å². The molecule has 0 spiro atoms. The van der Waals surface area contributed by atoms with Crippen LogP contribution in [0.3, 0.4) is 0 Å². The number of nitrogens with one attached hydrogen (secondary N) is 1. The second-order valence-electron chi connectivity index (χ2n) is 7.26. The molecule has 148 valence electrons. The summed E-state index contributed by atoms with van der Waals surface area (Å²) in [4.78, 5) is 22.9. The standard InChI is InChI=1S/C18H31N5O2.HI/c1-21(2)17(24)13-20-18(19-12-16-6-5-11-25-16)23-10-7-15(14-23)22-8-3-4-9-22;/h3-4,15-16H,5-14H2,1-2H3,(H,19,20);1H. The van der Waals surface area contributed by atoms with E-state index in [1.807, 2.05) is 0 Å². The van der Waals surface area contributed by atoms with Crippen LogP contribution in [0.25, 0.3) is 0 Å². The van der Waals surface area contributed by atoms with Gasteiger partial charge in [0.05, 0.1) is 6.10 Å². The lowest BCUT2D eigenvalue weighted by Gasteiger charge is -2.26. The zero-order chi connectivity index (χ0) is 17.6. The van der Waals surface area contributed by atoms with Gasteiger partial charge < -0.3 is 19.9 Å². The molecule has 0 aliphatic carbocycles. The van der Waals surface area contributed by atoms with Gasteiger partial charge in [-0.2, -0.15) is 0 Å². The molecular formula is C18H32IN5O2. The SMILES string of the molecule is CN(C)C(=O)CN=C(NCC1CCCO1)N1CCC(N2CC=CC2)C1.I. The van der Waals surface area contributed by atoms with Gasteiger partial charge in [0, 0.05) is 59.5 Å². The van der Waals surface area contributed by atoms with Gasteiger partial charge in [0.1, 0.15) is 6.54 Å². The van der Waals surface area contributed by atoms with E-state index in [4.69, 9.17) is 4.74 Å². The maximum atomic E-state index is 11.9. The summed E-state index contributed by atoms with van der Waals surface area (Å²) in [5.74, 6) is 0.872. The number of hydrogen-bond acceptors (Lipinski definition) is 4. The van der Waals surface area contributed by atoms with Crippen molar-refractivity contribution in [1.29, 1.82) is 0 Å². The van der Waals surface area contributed by atoms with Gasteiger partial charge in [-0.05, 0) is 19.3 Å². The Morgan fingerprint density at radius 2 is 2.08 bits per heavy atom. The maximum absolute atomic E-state index is 11.9. The number of amides is 1. The molecule has 2 atom stereocenters. The van der Waals surface area contributed by atoms with Crippen LogP contribution in [0.5, 0.6) is 0 Å². The zero-order valence-corrected chi connectivity index (χ0v) is 18.2. The molecule has 1 N–H and O–H groups in total. The van der Waals surface area contributed by atoms with Crippen LogP contribution in [-0.2, 0) is 9.53 Å². The van der Waals surface area contributed by atoms with Crippen LogP contribution >= 0.6 is 24.0 Å². The Kier molecular flexibility index (Phi) is 8.62. The van der Waals surface area contributed by atoms with Crippen molar-refractivity contribution in [3.05, 3.63) is 12.2 Å². The average molecular weight is 477 g/mol. The van der Waals surface area contributed by atoms with Gasteiger partial charge in [0.25, 0.3) is 0 Å². The number of hydrogen-bond donors (Lipinski definition) is 1. The van der Waals surface area contributed by atoms with Crippen molar-refractivity contribution in [2.24, 2.45) is 4.99 Å². The molecule has 8 heteroatoms. The lowest BCUT2D eigenvalue weighted by Crippen LogP contribution is -2.45. The molecule has 2 fully saturated rings. The maximum Gasteiger partial charge on any atom is 0.243 e. The summed E-state index contributed by atoms with van der Waals surface area (Å²) in [6.45, 7) is 5.85. The second-order valence-corrected chi connectivity index (χ2v) is 7.26. The van der Waals surface area contributed by atoms with Crippen LogP contribution in [0.4, 0.5) is 0 Å².